The Labute approximate surface area is 157 Å². The molecule has 0 spiro atoms. The van der Waals surface area contributed by atoms with E-state index in [1.807, 2.05) is 25.0 Å². The number of rotatable bonds is 8. The van der Waals surface area contributed by atoms with Crippen LogP contribution in [0.4, 0.5) is 0 Å². The molecule has 8 nitrogen and oxygen atoms in total. The topological polar surface area (TPSA) is 70.0 Å². The zero-order valence-corrected chi connectivity index (χ0v) is 16.9. The van der Waals surface area contributed by atoms with Gasteiger partial charge in [-0.15, -0.1) is 0 Å². The van der Waals surface area contributed by atoms with Crippen LogP contribution in [0.5, 0.6) is 0 Å². The fourth-order valence-electron chi connectivity index (χ4n) is 3.31. The van der Waals surface area contributed by atoms with Crippen molar-refractivity contribution < 1.29 is 4.74 Å². The fourth-order valence-corrected chi connectivity index (χ4v) is 3.31. The van der Waals surface area contributed by atoms with Crippen molar-refractivity contribution in [1.82, 2.24) is 30.2 Å². The van der Waals surface area contributed by atoms with Gasteiger partial charge >= 0.3 is 0 Å². The SMILES string of the molecule is CN=C(NCC(c1cnn(C)c1)N(C)C)NC1CCN(CCOC)CC1. The first-order valence-electron chi connectivity index (χ1n) is 9.37. The number of aliphatic imine (C=N–C) groups is 1. The number of guanidine groups is 1. The van der Waals surface area contributed by atoms with E-state index in [4.69, 9.17) is 4.74 Å². The summed E-state index contributed by atoms with van der Waals surface area (Å²) in [4.78, 5) is 9.06. The van der Waals surface area contributed by atoms with Gasteiger partial charge in [-0.1, -0.05) is 0 Å². The second kappa shape index (κ2) is 10.5. The maximum atomic E-state index is 5.17. The smallest absolute Gasteiger partial charge is 0.191 e. The Morgan fingerprint density at radius 1 is 1.42 bits per heavy atom. The molecule has 8 heteroatoms. The summed E-state index contributed by atoms with van der Waals surface area (Å²) < 4.78 is 7.01. The van der Waals surface area contributed by atoms with E-state index in [2.05, 4.69) is 50.8 Å². The fraction of sp³-hybridized carbons (Fsp3) is 0.778. The first kappa shape index (κ1) is 20.7. The number of hydrogen-bond acceptors (Lipinski definition) is 5. The van der Waals surface area contributed by atoms with Gasteiger partial charge in [-0.2, -0.15) is 5.10 Å². The maximum Gasteiger partial charge on any atom is 0.191 e. The van der Waals surface area contributed by atoms with Crippen molar-refractivity contribution in [3.63, 3.8) is 0 Å². The third-order valence-electron chi connectivity index (χ3n) is 4.96. The molecule has 1 aromatic rings. The first-order valence-corrected chi connectivity index (χ1v) is 9.37. The Morgan fingerprint density at radius 3 is 2.69 bits per heavy atom. The highest BCUT2D eigenvalue weighted by Crippen LogP contribution is 2.16. The standard InChI is InChI=1S/C18H35N7O/c1-19-18(22-16-6-8-25(9-7-16)10-11-26-5)20-13-17(23(2)3)15-12-21-24(4)14-15/h12,14,16-17H,6-11,13H2,1-5H3,(H2,19,20,22). The van der Waals surface area contributed by atoms with E-state index in [1.54, 1.807) is 7.11 Å². The van der Waals surface area contributed by atoms with Crippen LogP contribution in [0.15, 0.2) is 17.4 Å². The first-order chi connectivity index (χ1) is 12.5. The molecule has 0 amide bonds. The Kier molecular flexibility index (Phi) is 8.34. The minimum absolute atomic E-state index is 0.248. The number of aromatic nitrogens is 2. The molecule has 0 aromatic carbocycles. The van der Waals surface area contributed by atoms with Gasteiger partial charge < -0.3 is 25.2 Å². The molecule has 2 heterocycles. The summed E-state index contributed by atoms with van der Waals surface area (Å²) in [7, 11) is 9.72. The second-order valence-corrected chi connectivity index (χ2v) is 7.13. The Balaban J connectivity index is 1.80. The van der Waals surface area contributed by atoms with Crippen molar-refractivity contribution in [3.8, 4) is 0 Å². The average molecular weight is 366 g/mol. The van der Waals surface area contributed by atoms with Gasteiger partial charge in [0.05, 0.1) is 18.8 Å². The lowest BCUT2D eigenvalue weighted by Crippen LogP contribution is -2.50. The van der Waals surface area contributed by atoms with Crippen LogP contribution < -0.4 is 10.6 Å². The van der Waals surface area contributed by atoms with Crippen molar-refractivity contribution in [1.29, 1.82) is 0 Å². The van der Waals surface area contributed by atoms with Gasteiger partial charge in [-0.25, -0.2) is 0 Å². The monoisotopic (exact) mass is 365 g/mol. The summed E-state index contributed by atoms with van der Waals surface area (Å²) in [5, 5.41) is 11.3. The molecular formula is C18H35N7O. The van der Waals surface area contributed by atoms with Gasteiger partial charge in [0, 0.05) is 65.2 Å². The van der Waals surface area contributed by atoms with Crippen LogP contribution >= 0.6 is 0 Å². The van der Waals surface area contributed by atoms with E-state index < -0.39 is 0 Å². The van der Waals surface area contributed by atoms with Crippen LogP contribution in [0, 0.1) is 0 Å². The quantitative estimate of drug-likeness (QED) is 0.510. The minimum Gasteiger partial charge on any atom is -0.383 e. The zero-order chi connectivity index (χ0) is 18.9. The van der Waals surface area contributed by atoms with Gasteiger partial charge in [0.1, 0.15) is 0 Å². The number of likely N-dealkylation sites (N-methyl/N-ethyl adjacent to an activating group) is 1. The lowest BCUT2D eigenvalue weighted by molar-refractivity contribution is 0.128. The highest BCUT2D eigenvalue weighted by molar-refractivity contribution is 5.80. The summed E-state index contributed by atoms with van der Waals surface area (Å²) in [5.74, 6) is 0.871. The molecule has 1 fully saturated rings. The second-order valence-electron chi connectivity index (χ2n) is 7.13. The van der Waals surface area contributed by atoms with Gasteiger partial charge in [-0.05, 0) is 26.9 Å². The lowest BCUT2D eigenvalue weighted by Gasteiger charge is -2.33. The third kappa shape index (κ3) is 6.26. The highest BCUT2D eigenvalue weighted by atomic mass is 16.5. The van der Waals surface area contributed by atoms with Gasteiger partial charge in [0.2, 0.25) is 0 Å². The van der Waals surface area contributed by atoms with Crippen LogP contribution in [0.1, 0.15) is 24.4 Å². The molecule has 1 aromatic heterocycles. The molecular weight excluding hydrogens is 330 g/mol. The van der Waals surface area contributed by atoms with Crippen molar-refractivity contribution in [2.24, 2.45) is 12.0 Å². The van der Waals surface area contributed by atoms with Crippen LogP contribution in [0.2, 0.25) is 0 Å². The van der Waals surface area contributed by atoms with Crippen LogP contribution in [0.3, 0.4) is 0 Å². The molecule has 1 atom stereocenters. The Bertz CT molecular complexity index is 549. The summed E-state index contributed by atoms with van der Waals surface area (Å²) in [6.07, 6.45) is 6.25. The van der Waals surface area contributed by atoms with Crippen molar-refractivity contribution in [3.05, 3.63) is 18.0 Å². The van der Waals surface area contributed by atoms with Crippen LogP contribution in [-0.4, -0.2) is 92.6 Å². The summed E-state index contributed by atoms with van der Waals surface area (Å²) in [5.41, 5.74) is 1.20. The molecule has 2 N–H and O–H groups in total. The summed E-state index contributed by atoms with van der Waals surface area (Å²) in [6.45, 7) is 4.82. The number of likely N-dealkylation sites (tertiary alicyclic amines) is 1. The highest BCUT2D eigenvalue weighted by Gasteiger charge is 2.21. The number of piperidine rings is 1. The predicted molar refractivity (Wildman–Crippen MR) is 105 cm³/mol. The lowest BCUT2D eigenvalue weighted by atomic mass is 10.1. The molecule has 1 saturated heterocycles. The van der Waals surface area contributed by atoms with E-state index in [9.17, 15) is 0 Å². The molecule has 148 valence electrons. The Hall–Kier alpha value is -1.64. The van der Waals surface area contributed by atoms with E-state index in [0.29, 0.717) is 6.04 Å². The number of nitrogens with one attached hydrogen (secondary N) is 2. The number of ether oxygens (including phenoxy) is 1. The predicted octanol–water partition coefficient (Wildman–Crippen LogP) is 0.299. The molecule has 1 aliphatic rings. The maximum absolute atomic E-state index is 5.17. The van der Waals surface area contributed by atoms with Crippen molar-refractivity contribution >= 4 is 5.96 Å². The molecule has 1 aliphatic heterocycles. The molecule has 0 saturated carbocycles. The molecule has 0 aliphatic carbocycles. The van der Waals surface area contributed by atoms with E-state index in [1.165, 1.54) is 5.56 Å². The van der Waals surface area contributed by atoms with Crippen molar-refractivity contribution in [2.75, 3.05) is 61.0 Å². The van der Waals surface area contributed by atoms with E-state index >= 15 is 0 Å². The average Bonchev–Trinajstić information content (AvgIpc) is 3.06. The van der Waals surface area contributed by atoms with E-state index in [0.717, 1.165) is 51.6 Å². The van der Waals surface area contributed by atoms with Gasteiger partial charge in [-0.3, -0.25) is 9.67 Å². The third-order valence-corrected chi connectivity index (χ3v) is 4.96. The zero-order valence-electron chi connectivity index (χ0n) is 16.9. The minimum atomic E-state index is 0.248. The van der Waals surface area contributed by atoms with E-state index in [-0.39, 0.29) is 6.04 Å². The molecule has 0 radical (unpaired) electrons. The van der Waals surface area contributed by atoms with Gasteiger partial charge in [0.25, 0.3) is 0 Å². The number of aryl methyl sites for hydroxylation is 1. The molecule has 2 rings (SSSR count). The molecule has 0 bridgehead atoms. The number of hydrogen-bond donors (Lipinski definition) is 2. The van der Waals surface area contributed by atoms with Crippen LogP contribution in [-0.2, 0) is 11.8 Å². The summed E-state index contributed by atoms with van der Waals surface area (Å²) in [6, 6.07) is 0.717. The van der Waals surface area contributed by atoms with Crippen molar-refractivity contribution in [2.45, 2.75) is 24.9 Å². The van der Waals surface area contributed by atoms with Crippen LogP contribution in [0.25, 0.3) is 0 Å². The number of methoxy groups -OCH3 is 1. The Morgan fingerprint density at radius 2 is 2.15 bits per heavy atom. The molecule has 1 unspecified atom stereocenters. The number of nitrogens with zero attached hydrogens (tertiary/aromatic N) is 5. The summed E-state index contributed by atoms with van der Waals surface area (Å²) >= 11 is 0. The largest absolute Gasteiger partial charge is 0.383 e. The molecule has 26 heavy (non-hydrogen) atoms. The van der Waals surface area contributed by atoms with Gasteiger partial charge in [0.15, 0.2) is 5.96 Å². The normalized spacial score (nSPS) is 18.3.